The largest absolute Gasteiger partial charge is 0.486 e. The van der Waals surface area contributed by atoms with Crippen molar-refractivity contribution in [1.29, 1.82) is 0 Å². The maximum atomic E-state index is 12.6. The minimum Gasteiger partial charge on any atom is -0.486 e. The molecule has 0 saturated heterocycles. The van der Waals surface area contributed by atoms with Gasteiger partial charge in [0.25, 0.3) is 0 Å². The fourth-order valence-corrected chi connectivity index (χ4v) is 3.35. The van der Waals surface area contributed by atoms with Gasteiger partial charge in [0, 0.05) is 18.7 Å². The van der Waals surface area contributed by atoms with Crippen molar-refractivity contribution in [3.8, 4) is 11.5 Å². The molecule has 0 aliphatic carbocycles. The Labute approximate surface area is 163 Å². The number of hydrogen-bond acceptors (Lipinski definition) is 4. The maximum absolute atomic E-state index is 12.6. The Morgan fingerprint density at radius 1 is 1.11 bits per heavy atom. The summed E-state index contributed by atoms with van der Waals surface area (Å²) < 4.78 is 11.0. The van der Waals surface area contributed by atoms with E-state index in [9.17, 15) is 9.59 Å². The van der Waals surface area contributed by atoms with Crippen molar-refractivity contribution in [2.75, 3.05) is 30.0 Å². The number of nitrogens with one attached hydrogen (secondary N) is 1. The van der Waals surface area contributed by atoms with E-state index in [1.165, 1.54) is 11.8 Å². The van der Waals surface area contributed by atoms with Crippen LogP contribution in [0.1, 0.15) is 18.1 Å². The van der Waals surface area contributed by atoms with Gasteiger partial charge in [0.05, 0.1) is 10.7 Å². The third-order valence-corrected chi connectivity index (χ3v) is 4.51. The molecular formula is C20H21ClN2O4. The van der Waals surface area contributed by atoms with E-state index in [0.29, 0.717) is 41.1 Å². The average Bonchev–Trinajstić information content (AvgIpc) is 2.62. The number of carbonyl (C=O) groups excluding carboxylic acids is 2. The van der Waals surface area contributed by atoms with Crippen LogP contribution in [-0.4, -0.2) is 31.6 Å². The van der Waals surface area contributed by atoms with Gasteiger partial charge in [-0.3, -0.25) is 9.59 Å². The number of aryl methyl sites for hydroxylation is 2. The molecule has 7 heteroatoms. The first-order valence-electron chi connectivity index (χ1n) is 8.59. The van der Waals surface area contributed by atoms with Crippen LogP contribution < -0.4 is 19.7 Å². The zero-order valence-electron chi connectivity index (χ0n) is 15.5. The van der Waals surface area contributed by atoms with Crippen molar-refractivity contribution < 1.29 is 19.1 Å². The number of benzene rings is 2. The summed E-state index contributed by atoms with van der Waals surface area (Å²) in [6.45, 7) is 6.01. The summed E-state index contributed by atoms with van der Waals surface area (Å²) in [5.41, 5.74) is 2.99. The molecule has 1 aliphatic rings. The van der Waals surface area contributed by atoms with Crippen molar-refractivity contribution in [3.63, 3.8) is 0 Å². The van der Waals surface area contributed by atoms with E-state index in [4.69, 9.17) is 21.1 Å². The molecular weight excluding hydrogens is 368 g/mol. The molecule has 0 saturated carbocycles. The summed E-state index contributed by atoms with van der Waals surface area (Å²) in [4.78, 5) is 26.1. The Morgan fingerprint density at radius 3 is 2.48 bits per heavy atom. The molecule has 6 nitrogen and oxygen atoms in total. The number of nitrogens with zero attached hydrogens (tertiary/aromatic N) is 1. The van der Waals surface area contributed by atoms with Crippen LogP contribution in [0.2, 0.25) is 5.02 Å². The molecule has 0 fully saturated rings. The Morgan fingerprint density at radius 2 is 1.81 bits per heavy atom. The Kier molecular flexibility index (Phi) is 5.56. The number of halogens is 1. The van der Waals surface area contributed by atoms with E-state index in [0.717, 1.165) is 11.1 Å². The Balaban J connectivity index is 1.79. The number of fused-ring (bicyclic) bond motifs is 1. The zero-order valence-corrected chi connectivity index (χ0v) is 16.2. The van der Waals surface area contributed by atoms with E-state index in [2.05, 4.69) is 5.32 Å². The summed E-state index contributed by atoms with van der Waals surface area (Å²) in [6.07, 6.45) is 0. The number of hydrogen-bond donors (Lipinski definition) is 1. The highest BCUT2D eigenvalue weighted by Crippen LogP contribution is 2.34. The van der Waals surface area contributed by atoms with Gasteiger partial charge in [-0.15, -0.1) is 0 Å². The van der Waals surface area contributed by atoms with Crippen LogP contribution >= 0.6 is 11.6 Å². The summed E-state index contributed by atoms with van der Waals surface area (Å²) in [7, 11) is 0. The van der Waals surface area contributed by atoms with Crippen molar-refractivity contribution in [1.82, 2.24) is 0 Å². The van der Waals surface area contributed by atoms with Crippen LogP contribution in [0.15, 0.2) is 30.3 Å². The minimum atomic E-state index is -0.339. The van der Waals surface area contributed by atoms with Crippen LogP contribution in [0.3, 0.4) is 0 Å². The van der Waals surface area contributed by atoms with E-state index in [1.54, 1.807) is 24.3 Å². The van der Waals surface area contributed by atoms with Crippen molar-refractivity contribution in [2.24, 2.45) is 0 Å². The quantitative estimate of drug-likeness (QED) is 0.866. The molecule has 0 spiro atoms. The van der Waals surface area contributed by atoms with Crippen molar-refractivity contribution in [3.05, 3.63) is 46.5 Å². The molecule has 27 heavy (non-hydrogen) atoms. The molecule has 0 atom stereocenters. The summed E-state index contributed by atoms with van der Waals surface area (Å²) >= 11 is 6.25. The van der Waals surface area contributed by atoms with Gasteiger partial charge in [-0.1, -0.05) is 17.7 Å². The molecule has 0 bridgehead atoms. The first kappa shape index (κ1) is 19.0. The van der Waals surface area contributed by atoms with Gasteiger partial charge >= 0.3 is 0 Å². The van der Waals surface area contributed by atoms with Crippen molar-refractivity contribution >= 4 is 34.8 Å². The molecule has 0 unspecified atom stereocenters. The van der Waals surface area contributed by atoms with Crippen LogP contribution in [0.25, 0.3) is 0 Å². The standard InChI is InChI=1S/C20H21ClN2O4/c1-12-8-13(2)20(16(21)9-12)22-19(25)11-23(14(3)24)15-4-5-17-18(10-15)27-7-6-26-17/h4-5,8-10H,6-7,11H2,1-3H3,(H,22,25). The van der Waals surface area contributed by atoms with Gasteiger partial charge in [0.2, 0.25) is 11.8 Å². The molecule has 0 aromatic heterocycles. The third-order valence-electron chi connectivity index (χ3n) is 4.22. The maximum Gasteiger partial charge on any atom is 0.244 e. The fraction of sp³-hybridized carbons (Fsp3) is 0.300. The molecule has 2 aromatic carbocycles. The second-order valence-corrected chi connectivity index (χ2v) is 6.83. The van der Waals surface area contributed by atoms with E-state index in [-0.39, 0.29) is 18.4 Å². The number of anilines is 2. The molecule has 1 aliphatic heterocycles. The molecule has 1 heterocycles. The second-order valence-electron chi connectivity index (χ2n) is 6.42. The molecule has 142 valence electrons. The van der Waals surface area contributed by atoms with Gasteiger partial charge in [-0.05, 0) is 43.2 Å². The SMILES string of the molecule is CC(=O)N(CC(=O)Nc1c(C)cc(C)cc1Cl)c1ccc2c(c1)OCCO2. The monoisotopic (exact) mass is 388 g/mol. The van der Waals surface area contributed by atoms with E-state index >= 15 is 0 Å². The van der Waals surface area contributed by atoms with Gasteiger partial charge in [0.1, 0.15) is 19.8 Å². The molecule has 2 amide bonds. The lowest BCUT2D eigenvalue weighted by Crippen LogP contribution is -2.37. The molecule has 0 radical (unpaired) electrons. The Hall–Kier alpha value is -2.73. The molecule has 1 N–H and O–H groups in total. The highest BCUT2D eigenvalue weighted by molar-refractivity contribution is 6.34. The lowest BCUT2D eigenvalue weighted by atomic mass is 10.1. The topological polar surface area (TPSA) is 67.9 Å². The van der Waals surface area contributed by atoms with Crippen LogP contribution in [-0.2, 0) is 9.59 Å². The first-order chi connectivity index (χ1) is 12.8. The number of carbonyl (C=O) groups is 2. The van der Waals surface area contributed by atoms with Crippen LogP contribution in [0.5, 0.6) is 11.5 Å². The number of amides is 2. The average molecular weight is 389 g/mol. The van der Waals surface area contributed by atoms with Gasteiger partial charge in [0.15, 0.2) is 11.5 Å². The minimum absolute atomic E-state index is 0.140. The van der Waals surface area contributed by atoms with Gasteiger partial charge in [-0.2, -0.15) is 0 Å². The summed E-state index contributed by atoms with van der Waals surface area (Å²) in [5, 5.41) is 3.27. The summed E-state index contributed by atoms with van der Waals surface area (Å²) in [6, 6.07) is 8.89. The number of ether oxygens (including phenoxy) is 2. The normalized spacial score (nSPS) is 12.4. The second kappa shape index (κ2) is 7.88. The predicted octanol–water partition coefficient (Wildman–Crippen LogP) is 3.72. The lowest BCUT2D eigenvalue weighted by Gasteiger charge is -2.24. The van der Waals surface area contributed by atoms with Gasteiger partial charge < -0.3 is 19.7 Å². The summed E-state index contributed by atoms with van der Waals surface area (Å²) in [5.74, 6) is 0.588. The molecule has 2 aromatic rings. The zero-order chi connectivity index (χ0) is 19.6. The highest BCUT2D eigenvalue weighted by Gasteiger charge is 2.20. The van der Waals surface area contributed by atoms with Crippen LogP contribution in [0.4, 0.5) is 11.4 Å². The number of rotatable bonds is 4. The van der Waals surface area contributed by atoms with Crippen molar-refractivity contribution in [2.45, 2.75) is 20.8 Å². The fourth-order valence-electron chi connectivity index (χ4n) is 2.98. The predicted molar refractivity (Wildman–Crippen MR) is 105 cm³/mol. The third kappa shape index (κ3) is 4.34. The van der Waals surface area contributed by atoms with Gasteiger partial charge in [-0.25, -0.2) is 0 Å². The molecule has 3 rings (SSSR count). The van der Waals surface area contributed by atoms with Crippen LogP contribution in [0, 0.1) is 13.8 Å². The first-order valence-corrected chi connectivity index (χ1v) is 8.97. The highest BCUT2D eigenvalue weighted by atomic mass is 35.5. The smallest absolute Gasteiger partial charge is 0.244 e. The van der Waals surface area contributed by atoms with E-state index < -0.39 is 0 Å². The lowest BCUT2D eigenvalue weighted by molar-refractivity contribution is -0.120. The van der Waals surface area contributed by atoms with E-state index in [1.807, 2.05) is 19.9 Å². The Bertz CT molecular complexity index is 875.